The lowest BCUT2D eigenvalue weighted by molar-refractivity contribution is 0.0996. The molecule has 9 heteroatoms. The number of nitrogens with one attached hydrogen (secondary N) is 2. The van der Waals surface area contributed by atoms with Crippen molar-refractivity contribution >= 4 is 46.6 Å². The van der Waals surface area contributed by atoms with Gasteiger partial charge in [0.25, 0.3) is 5.91 Å². The van der Waals surface area contributed by atoms with Crippen LogP contribution in [0.5, 0.6) is 5.75 Å². The molecule has 1 heterocycles. The Hall–Kier alpha value is -3.30. The fraction of sp³-hybridized carbons (Fsp3) is 0.0952. The van der Waals surface area contributed by atoms with Crippen LogP contribution in [-0.2, 0) is 6.42 Å². The van der Waals surface area contributed by atoms with Crippen molar-refractivity contribution in [1.29, 1.82) is 0 Å². The van der Waals surface area contributed by atoms with E-state index in [1.807, 2.05) is 24.3 Å². The number of thiocarbonyl (C=S) groups is 1. The highest BCUT2D eigenvalue weighted by atomic mass is 32.2. The van der Waals surface area contributed by atoms with Crippen molar-refractivity contribution in [1.82, 2.24) is 5.32 Å². The van der Waals surface area contributed by atoms with Crippen LogP contribution in [-0.4, -0.2) is 27.8 Å². The van der Waals surface area contributed by atoms with Gasteiger partial charge in [-0.2, -0.15) is 0 Å². The van der Waals surface area contributed by atoms with Crippen molar-refractivity contribution < 1.29 is 19.1 Å². The summed E-state index contributed by atoms with van der Waals surface area (Å²) >= 11 is 6.58. The highest BCUT2D eigenvalue weighted by Gasteiger charge is 2.12. The van der Waals surface area contributed by atoms with Crippen LogP contribution < -0.4 is 16.4 Å². The number of urea groups is 1. The number of benzene rings is 2. The number of thioether (sulfide) groups is 1. The molecule has 1 aromatic heterocycles. The molecule has 0 fully saturated rings. The predicted octanol–water partition coefficient (Wildman–Crippen LogP) is 3.92. The van der Waals surface area contributed by atoms with E-state index in [1.54, 1.807) is 42.1 Å². The molecule has 5 N–H and O–H groups in total. The largest absolute Gasteiger partial charge is 0.507 e. The summed E-state index contributed by atoms with van der Waals surface area (Å²) in [4.78, 5) is 24.0. The number of carbonyl (C=O) groups is 2. The van der Waals surface area contributed by atoms with E-state index < -0.39 is 6.03 Å². The van der Waals surface area contributed by atoms with Crippen LogP contribution in [0.15, 0.2) is 70.2 Å². The van der Waals surface area contributed by atoms with Crippen molar-refractivity contribution in [2.24, 2.45) is 5.73 Å². The third-order valence-electron chi connectivity index (χ3n) is 4.10. The van der Waals surface area contributed by atoms with Crippen molar-refractivity contribution in [3.05, 3.63) is 77.7 Å². The maximum Gasteiger partial charge on any atom is 0.317 e. The SMILES string of the molecule is NC(=O)NC(=S)c1ccc(SCCc2ccccc2NC(=O)c2ccco2)cc1O. The highest BCUT2D eigenvalue weighted by molar-refractivity contribution is 7.99. The number of aryl methyl sites for hydroxylation is 1. The number of aromatic hydroxyl groups is 1. The minimum atomic E-state index is -0.782. The predicted molar refractivity (Wildman–Crippen MR) is 120 cm³/mol. The van der Waals surface area contributed by atoms with Gasteiger partial charge in [-0.25, -0.2) is 4.79 Å². The van der Waals surface area contributed by atoms with Crippen LogP contribution >= 0.6 is 24.0 Å². The molecule has 3 rings (SSSR count). The van der Waals surface area contributed by atoms with Crippen LogP contribution in [0.2, 0.25) is 0 Å². The van der Waals surface area contributed by atoms with Gasteiger partial charge in [0.15, 0.2) is 5.76 Å². The molecule has 3 aromatic rings. The highest BCUT2D eigenvalue weighted by Crippen LogP contribution is 2.27. The minimum Gasteiger partial charge on any atom is -0.507 e. The molecule has 2 aromatic carbocycles. The van der Waals surface area contributed by atoms with E-state index in [0.717, 1.165) is 21.9 Å². The maximum absolute atomic E-state index is 12.2. The van der Waals surface area contributed by atoms with Gasteiger partial charge < -0.3 is 20.6 Å². The Morgan fingerprint density at radius 2 is 1.93 bits per heavy atom. The molecule has 0 aliphatic carbocycles. The van der Waals surface area contributed by atoms with E-state index in [9.17, 15) is 14.7 Å². The van der Waals surface area contributed by atoms with Crippen molar-refractivity contribution in [2.75, 3.05) is 11.1 Å². The monoisotopic (exact) mass is 441 g/mol. The molecule has 0 aliphatic rings. The second kappa shape index (κ2) is 9.95. The number of para-hydroxylation sites is 1. The average Bonchev–Trinajstić information content (AvgIpc) is 3.24. The van der Waals surface area contributed by atoms with E-state index in [-0.39, 0.29) is 22.4 Å². The first kappa shape index (κ1) is 21.4. The van der Waals surface area contributed by atoms with Crippen LogP contribution in [0.25, 0.3) is 0 Å². The van der Waals surface area contributed by atoms with Gasteiger partial charge in [0, 0.05) is 16.3 Å². The Bertz CT molecular complexity index is 1070. The summed E-state index contributed by atoms with van der Waals surface area (Å²) in [6, 6.07) is 15.1. The molecule has 0 bridgehead atoms. The topological polar surface area (TPSA) is 118 Å². The molecule has 0 aliphatic heterocycles. The van der Waals surface area contributed by atoms with Crippen molar-refractivity contribution in [3.8, 4) is 5.75 Å². The van der Waals surface area contributed by atoms with Gasteiger partial charge in [-0.05, 0) is 48.4 Å². The quantitative estimate of drug-likeness (QED) is 0.326. The van der Waals surface area contributed by atoms with Crippen LogP contribution in [0.3, 0.4) is 0 Å². The molecular weight excluding hydrogens is 422 g/mol. The minimum absolute atomic E-state index is 0.0372. The summed E-state index contributed by atoms with van der Waals surface area (Å²) in [6.07, 6.45) is 2.15. The Balaban J connectivity index is 1.60. The van der Waals surface area contributed by atoms with Crippen LogP contribution in [0.1, 0.15) is 21.7 Å². The summed E-state index contributed by atoms with van der Waals surface area (Å²) in [6.45, 7) is 0. The number of phenols is 1. The Labute approximate surface area is 182 Å². The normalized spacial score (nSPS) is 10.4. The molecule has 0 atom stereocenters. The second-order valence-electron chi connectivity index (χ2n) is 6.18. The number of phenolic OH excluding ortho intramolecular Hbond substituents is 1. The number of furan rings is 1. The van der Waals surface area contributed by atoms with Crippen molar-refractivity contribution in [3.63, 3.8) is 0 Å². The average molecular weight is 442 g/mol. The Morgan fingerprint density at radius 3 is 2.63 bits per heavy atom. The van der Waals surface area contributed by atoms with Gasteiger partial charge in [0.2, 0.25) is 0 Å². The van der Waals surface area contributed by atoms with E-state index in [0.29, 0.717) is 12.0 Å². The summed E-state index contributed by atoms with van der Waals surface area (Å²) in [5, 5.41) is 15.3. The molecule has 0 saturated carbocycles. The lowest BCUT2D eigenvalue weighted by atomic mass is 10.1. The summed E-state index contributed by atoms with van der Waals surface area (Å²) in [5.41, 5.74) is 7.09. The first-order valence-electron chi connectivity index (χ1n) is 8.93. The maximum atomic E-state index is 12.2. The number of nitrogens with two attached hydrogens (primary N) is 1. The lowest BCUT2D eigenvalue weighted by Crippen LogP contribution is -2.34. The third-order valence-corrected chi connectivity index (χ3v) is 5.42. The lowest BCUT2D eigenvalue weighted by Gasteiger charge is -2.11. The van der Waals surface area contributed by atoms with Gasteiger partial charge in [-0.3, -0.25) is 10.1 Å². The first-order chi connectivity index (χ1) is 14.4. The fourth-order valence-electron chi connectivity index (χ4n) is 2.70. The fourth-order valence-corrected chi connectivity index (χ4v) is 3.89. The Kier molecular flexibility index (Phi) is 7.10. The number of hydrogen-bond donors (Lipinski definition) is 4. The van der Waals surface area contributed by atoms with Gasteiger partial charge in [-0.1, -0.05) is 30.4 Å². The van der Waals surface area contributed by atoms with E-state index in [1.165, 1.54) is 6.26 Å². The summed E-state index contributed by atoms with van der Waals surface area (Å²) in [7, 11) is 0. The van der Waals surface area contributed by atoms with Crippen molar-refractivity contribution in [2.45, 2.75) is 11.3 Å². The molecular formula is C21H19N3O4S2. The zero-order chi connectivity index (χ0) is 21.5. The summed E-state index contributed by atoms with van der Waals surface area (Å²) in [5.74, 6) is 0.626. The molecule has 0 radical (unpaired) electrons. The second-order valence-corrected chi connectivity index (χ2v) is 7.76. The third kappa shape index (κ3) is 5.62. The summed E-state index contributed by atoms with van der Waals surface area (Å²) < 4.78 is 5.13. The molecule has 30 heavy (non-hydrogen) atoms. The zero-order valence-electron chi connectivity index (χ0n) is 15.8. The number of rotatable bonds is 7. The number of hydrogen-bond acceptors (Lipinski definition) is 6. The Morgan fingerprint density at radius 1 is 1.13 bits per heavy atom. The molecule has 3 amide bonds. The molecule has 0 spiro atoms. The van der Waals surface area contributed by atoms with E-state index in [4.69, 9.17) is 22.4 Å². The van der Waals surface area contributed by atoms with Gasteiger partial charge in [0.1, 0.15) is 10.7 Å². The van der Waals surface area contributed by atoms with E-state index in [2.05, 4.69) is 10.6 Å². The van der Waals surface area contributed by atoms with Crippen LogP contribution in [0.4, 0.5) is 10.5 Å². The number of anilines is 1. The molecule has 154 valence electrons. The first-order valence-corrected chi connectivity index (χ1v) is 10.3. The number of amides is 3. The van der Waals surface area contributed by atoms with Gasteiger partial charge >= 0.3 is 6.03 Å². The molecule has 7 nitrogen and oxygen atoms in total. The van der Waals surface area contributed by atoms with E-state index >= 15 is 0 Å². The molecule has 0 saturated heterocycles. The smallest absolute Gasteiger partial charge is 0.317 e. The zero-order valence-corrected chi connectivity index (χ0v) is 17.4. The molecule has 0 unspecified atom stereocenters. The van der Waals surface area contributed by atoms with Gasteiger partial charge in [0.05, 0.1) is 11.8 Å². The standard InChI is InChI=1S/C21H19N3O4S2/c22-21(27)24-20(29)15-8-7-14(12-17(15)25)30-11-9-13-4-1-2-5-16(13)23-19(26)18-6-3-10-28-18/h1-8,10,12,25H,9,11H2,(H,23,26)(H3,22,24,27,29). The number of primary amides is 1. The number of carbonyl (C=O) groups excluding carboxylic acids is 2. The van der Waals surface area contributed by atoms with Crippen LogP contribution in [0, 0.1) is 0 Å². The van der Waals surface area contributed by atoms with Gasteiger partial charge in [-0.15, -0.1) is 11.8 Å².